The van der Waals surface area contributed by atoms with Crippen LogP contribution in [0.1, 0.15) is 37.7 Å². The van der Waals surface area contributed by atoms with E-state index in [0.29, 0.717) is 34.7 Å². The van der Waals surface area contributed by atoms with Crippen LogP contribution in [-0.4, -0.2) is 15.7 Å². The molecule has 2 aromatic rings. The summed E-state index contributed by atoms with van der Waals surface area (Å²) in [4.78, 5) is 12.3. The largest absolute Gasteiger partial charge is 0.309 e. The summed E-state index contributed by atoms with van der Waals surface area (Å²) in [6, 6.07) is 7.24. The zero-order valence-electron chi connectivity index (χ0n) is 13.9. The molecule has 1 aromatic heterocycles. The van der Waals surface area contributed by atoms with Crippen molar-refractivity contribution in [3.05, 3.63) is 46.1 Å². The Morgan fingerprint density at radius 3 is 2.84 bits per heavy atom. The van der Waals surface area contributed by atoms with Gasteiger partial charge in [0.05, 0.1) is 6.54 Å². The second-order valence-electron chi connectivity index (χ2n) is 7.32. The number of nitrogens with zero attached hydrogens (tertiary/aromatic N) is 2. The molecule has 1 aromatic carbocycles. The number of hydrogen-bond donors (Lipinski definition) is 1. The number of benzene rings is 1. The third-order valence-electron chi connectivity index (χ3n) is 5.59. The second kappa shape index (κ2) is 7.00. The third-order valence-corrected chi connectivity index (χ3v) is 6.17. The lowest BCUT2D eigenvalue weighted by atomic mass is 9.86. The van der Waals surface area contributed by atoms with Gasteiger partial charge in [-0.2, -0.15) is 5.10 Å². The second-order valence-corrected chi connectivity index (χ2v) is 8.17. The Kier molecular flexibility index (Phi) is 4.74. The van der Waals surface area contributed by atoms with E-state index >= 15 is 0 Å². The van der Waals surface area contributed by atoms with E-state index in [4.69, 9.17) is 23.2 Å². The fraction of sp³-hybridized carbons (Fsp3) is 0.474. The van der Waals surface area contributed by atoms with Crippen molar-refractivity contribution in [1.82, 2.24) is 9.78 Å². The van der Waals surface area contributed by atoms with Crippen molar-refractivity contribution < 1.29 is 4.79 Å². The van der Waals surface area contributed by atoms with E-state index < -0.39 is 0 Å². The number of halogens is 2. The van der Waals surface area contributed by atoms with E-state index in [9.17, 15) is 4.79 Å². The Labute approximate surface area is 157 Å². The average molecular weight is 378 g/mol. The molecule has 2 bridgehead atoms. The molecule has 4 nitrogen and oxygen atoms in total. The van der Waals surface area contributed by atoms with Crippen LogP contribution in [0.2, 0.25) is 10.0 Å². The number of aromatic nitrogens is 2. The summed E-state index contributed by atoms with van der Waals surface area (Å²) < 4.78 is 1.77. The molecule has 2 fully saturated rings. The molecule has 3 atom stereocenters. The molecule has 0 aliphatic heterocycles. The number of carbonyl (C=O) groups is 1. The van der Waals surface area contributed by atoms with Crippen molar-refractivity contribution in [1.29, 1.82) is 0 Å². The Morgan fingerprint density at radius 2 is 2.12 bits per heavy atom. The first kappa shape index (κ1) is 16.9. The predicted octanol–water partition coefficient (Wildman–Crippen LogP) is 5.00. The van der Waals surface area contributed by atoms with Crippen LogP contribution < -0.4 is 5.32 Å². The maximum absolute atomic E-state index is 12.3. The van der Waals surface area contributed by atoms with Crippen LogP contribution in [0.3, 0.4) is 0 Å². The molecular weight excluding hydrogens is 357 g/mol. The van der Waals surface area contributed by atoms with E-state index in [2.05, 4.69) is 10.4 Å². The smallest absolute Gasteiger partial charge is 0.225 e. The van der Waals surface area contributed by atoms with Gasteiger partial charge in [0.2, 0.25) is 5.91 Å². The van der Waals surface area contributed by atoms with Gasteiger partial charge in [-0.3, -0.25) is 9.48 Å². The van der Waals surface area contributed by atoms with Crippen molar-refractivity contribution in [3.8, 4) is 0 Å². The number of hydrogen-bond acceptors (Lipinski definition) is 2. The molecule has 0 saturated heterocycles. The Bertz CT molecular complexity index is 789. The fourth-order valence-electron chi connectivity index (χ4n) is 4.40. The zero-order chi connectivity index (χ0) is 17.4. The number of nitrogens with one attached hydrogen (secondary N) is 1. The first-order chi connectivity index (χ1) is 12.1. The van der Waals surface area contributed by atoms with Crippen LogP contribution in [0, 0.1) is 17.8 Å². The van der Waals surface area contributed by atoms with Crippen LogP contribution in [0.5, 0.6) is 0 Å². The molecule has 0 radical (unpaired) electrons. The standard InChI is InChI=1S/C19H21Cl2N3O/c20-16-4-3-14(17(21)10-16)11-24-6-5-18(23-24)22-19(25)9-15-8-12-1-2-13(15)7-12/h3-6,10,12-13,15H,1-2,7-9,11H2,(H,22,23,25). The van der Waals surface area contributed by atoms with Gasteiger partial charge < -0.3 is 5.32 Å². The highest BCUT2D eigenvalue weighted by Crippen LogP contribution is 2.49. The Morgan fingerprint density at radius 1 is 1.24 bits per heavy atom. The average Bonchev–Trinajstić information content (AvgIpc) is 3.27. The molecule has 1 heterocycles. The molecular formula is C19H21Cl2N3O. The molecule has 4 rings (SSSR count). The number of rotatable bonds is 5. The van der Waals surface area contributed by atoms with Gasteiger partial charge in [-0.05, 0) is 54.7 Å². The van der Waals surface area contributed by atoms with Crippen LogP contribution in [0.15, 0.2) is 30.5 Å². The lowest BCUT2D eigenvalue weighted by Crippen LogP contribution is -2.20. The molecule has 2 saturated carbocycles. The van der Waals surface area contributed by atoms with Gasteiger partial charge in [0.15, 0.2) is 5.82 Å². The molecule has 132 valence electrons. The van der Waals surface area contributed by atoms with Gasteiger partial charge in [0.25, 0.3) is 0 Å². The van der Waals surface area contributed by atoms with Gasteiger partial charge in [-0.15, -0.1) is 0 Å². The highest BCUT2D eigenvalue weighted by atomic mass is 35.5. The van der Waals surface area contributed by atoms with Gasteiger partial charge in [0.1, 0.15) is 0 Å². The summed E-state index contributed by atoms with van der Waals surface area (Å²) in [5.41, 5.74) is 0.939. The van der Waals surface area contributed by atoms with E-state index in [1.165, 1.54) is 25.7 Å². The highest BCUT2D eigenvalue weighted by molar-refractivity contribution is 6.35. The summed E-state index contributed by atoms with van der Waals surface area (Å²) in [7, 11) is 0. The van der Waals surface area contributed by atoms with Gasteiger partial charge in [0, 0.05) is 28.7 Å². The van der Waals surface area contributed by atoms with E-state index in [0.717, 1.165) is 17.4 Å². The summed E-state index contributed by atoms with van der Waals surface area (Å²) in [6.45, 7) is 0.540. The minimum atomic E-state index is 0.0762. The first-order valence-electron chi connectivity index (χ1n) is 8.84. The Hall–Kier alpha value is -1.52. The molecule has 2 aliphatic rings. The lowest BCUT2D eigenvalue weighted by molar-refractivity contribution is -0.117. The monoisotopic (exact) mass is 377 g/mol. The predicted molar refractivity (Wildman–Crippen MR) is 100.0 cm³/mol. The van der Waals surface area contributed by atoms with E-state index in [1.807, 2.05) is 24.4 Å². The van der Waals surface area contributed by atoms with Crippen molar-refractivity contribution in [3.63, 3.8) is 0 Å². The maximum atomic E-state index is 12.3. The van der Waals surface area contributed by atoms with Gasteiger partial charge >= 0.3 is 0 Å². The summed E-state index contributed by atoms with van der Waals surface area (Å²) in [5.74, 6) is 2.87. The summed E-state index contributed by atoms with van der Waals surface area (Å²) >= 11 is 12.1. The molecule has 2 aliphatic carbocycles. The molecule has 3 unspecified atom stereocenters. The van der Waals surface area contributed by atoms with Crippen LogP contribution >= 0.6 is 23.2 Å². The summed E-state index contributed by atoms with van der Waals surface area (Å²) in [5, 5.41) is 8.59. The molecule has 1 N–H and O–H groups in total. The quantitative estimate of drug-likeness (QED) is 0.796. The maximum Gasteiger partial charge on any atom is 0.225 e. The summed E-state index contributed by atoms with van der Waals surface area (Å²) in [6.07, 6.45) is 7.69. The van der Waals surface area contributed by atoms with Gasteiger partial charge in [-0.25, -0.2) is 0 Å². The normalized spacial score (nSPS) is 24.6. The van der Waals surface area contributed by atoms with E-state index in [1.54, 1.807) is 10.7 Å². The third kappa shape index (κ3) is 3.85. The van der Waals surface area contributed by atoms with E-state index in [-0.39, 0.29) is 5.91 Å². The highest BCUT2D eigenvalue weighted by Gasteiger charge is 2.40. The van der Waals surface area contributed by atoms with Crippen LogP contribution in [-0.2, 0) is 11.3 Å². The molecule has 0 spiro atoms. The van der Waals surface area contributed by atoms with Crippen molar-refractivity contribution in [2.45, 2.75) is 38.6 Å². The lowest BCUT2D eigenvalue weighted by Gasteiger charge is -2.20. The Balaban J connectivity index is 1.34. The van der Waals surface area contributed by atoms with Crippen LogP contribution in [0.4, 0.5) is 5.82 Å². The number of fused-ring (bicyclic) bond motifs is 2. The molecule has 25 heavy (non-hydrogen) atoms. The SMILES string of the molecule is O=C(CC1CC2CCC1C2)Nc1ccn(Cc2ccc(Cl)cc2Cl)n1. The molecule has 1 amide bonds. The number of anilines is 1. The van der Waals surface area contributed by atoms with Crippen molar-refractivity contribution in [2.75, 3.05) is 5.32 Å². The number of amides is 1. The fourth-order valence-corrected chi connectivity index (χ4v) is 4.87. The van der Waals surface area contributed by atoms with Crippen molar-refractivity contribution in [2.24, 2.45) is 17.8 Å². The topological polar surface area (TPSA) is 46.9 Å². The minimum absolute atomic E-state index is 0.0762. The molecule has 6 heteroatoms. The first-order valence-corrected chi connectivity index (χ1v) is 9.59. The zero-order valence-corrected chi connectivity index (χ0v) is 15.4. The number of carbonyl (C=O) groups excluding carboxylic acids is 1. The van der Waals surface area contributed by atoms with Crippen LogP contribution in [0.25, 0.3) is 0 Å². The van der Waals surface area contributed by atoms with Gasteiger partial charge in [-0.1, -0.05) is 35.7 Å². The van der Waals surface area contributed by atoms with Crippen molar-refractivity contribution >= 4 is 34.9 Å². The minimum Gasteiger partial charge on any atom is -0.309 e.